The van der Waals surface area contributed by atoms with E-state index in [-0.39, 0.29) is 5.56 Å². The molecule has 0 unspecified atom stereocenters. The third kappa shape index (κ3) is 3.33. The fraction of sp³-hybridized carbons (Fsp3) is 0.444. The van der Waals surface area contributed by atoms with Crippen molar-refractivity contribution in [2.45, 2.75) is 24.9 Å². The van der Waals surface area contributed by atoms with Gasteiger partial charge in [-0.15, -0.1) is 0 Å². The van der Waals surface area contributed by atoms with Gasteiger partial charge < -0.3 is 9.78 Å². The van der Waals surface area contributed by atoms with Crippen LogP contribution in [-0.2, 0) is 11.2 Å². The summed E-state index contributed by atoms with van der Waals surface area (Å²) in [5, 5.41) is 0.521. The topological polar surface area (TPSA) is 62.8 Å². The molecule has 1 aromatic rings. The molecule has 14 heavy (non-hydrogen) atoms. The third-order valence-electron chi connectivity index (χ3n) is 1.57. The molecule has 0 aliphatic heterocycles. The molecule has 0 spiro atoms. The number of hydrogen-bond acceptors (Lipinski definition) is 4. The highest BCUT2D eigenvalue weighted by atomic mass is 32.2. The lowest BCUT2D eigenvalue weighted by Gasteiger charge is -2.00. The Morgan fingerprint density at radius 3 is 3.07 bits per heavy atom. The van der Waals surface area contributed by atoms with Crippen molar-refractivity contribution in [1.82, 2.24) is 9.97 Å². The first-order valence-corrected chi connectivity index (χ1v) is 5.41. The molecule has 0 atom stereocenters. The summed E-state index contributed by atoms with van der Waals surface area (Å²) in [5.41, 5.74) is 0.626. The summed E-state index contributed by atoms with van der Waals surface area (Å²) < 4.78 is 0. The maximum atomic E-state index is 11.2. The SMILES string of the molecule is CCCc1cc(=O)[nH]c(SCC=O)n1. The van der Waals surface area contributed by atoms with Gasteiger partial charge >= 0.3 is 0 Å². The van der Waals surface area contributed by atoms with Crippen LogP contribution in [0.1, 0.15) is 19.0 Å². The van der Waals surface area contributed by atoms with Crippen molar-refractivity contribution in [1.29, 1.82) is 0 Å². The van der Waals surface area contributed by atoms with Gasteiger partial charge in [0.1, 0.15) is 6.29 Å². The Hall–Kier alpha value is -1.10. The normalized spacial score (nSPS) is 10.1. The molecule has 0 saturated heterocycles. The zero-order valence-corrected chi connectivity index (χ0v) is 8.76. The van der Waals surface area contributed by atoms with Gasteiger partial charge in [0, 0.05) is 11.8 Å². The van der Waals surface area contributed by atoms with Crippen LogP contribution in [0.5, 0.6) is 0 Å². The number of carbonyl (C=O) groups is 1. The fourth-order valence-electron chi connectivity index (χ4n) is 1.05. The van der Waals surface area contributed by atoms with Gasteiger partial charge in [-0.05, 0) is 6.42 Å². The number of rotatable bonds is 5. The number of hydrogen-bond donors (Lipinski definition) is 1. The number of nitrogens with one attached hydrogen (secondary N) is 1. The first-order chi connectivity index (χ1) is 6.76. The highest BCUT2D eigenvalue weighted by molar-refractivity contribution is 7.99. The molecule has 1 N–H and O–H groups in total. The van der Waals surface area contributed by atoms with Crippen molar-refractivity contribution in [3.05, 3.63) is 22.1 Å². The molecule has 0 bridgehead atoms. The largest absolute Gasteiger partial charge is 0.302 e. The van der Waals surface area contributed by atoms with Gasteiger partial charge in [-0.2, -0.15) is 0 Å². The molecule has 0 aromatic carbocycles. The number of aromatic amines is 1. The number of H-pyrrole nitrogens is 1. The predicted molar refractivity (Wildman–Crippen MR) is 55.6 cm³/mol. The van der Waals surface area contributed by atoms with Gasteiger partial charge in [0.25, 0.3) is 5.56 Å². The molecule has 0 saturated carbocycles. The third-order valence-corrected chi connectivity index (χ3v) is 2.34. The second-order valence-corrected chi connectivity index (χ2v) is 3.78. The average molecular weight is 212 g/mol. The highest BCUT2D eigenvalue weighted by Crippen LogP contribution is 2.09. The van der Waals surface area contributed by atoms with Crippen molar-refractivity contribution in [2.75, 3.05) is 5.75 Å². The highest BCUT2D eigenvalue weighted by Gasteiger charge is 2.00. The van der Waals surface area contributed by atoms with Gasteiger partial charge in [0.15, 0.2) is 5.16 Å². The Labute approximate surface area is 86.1 Å². The fourth-order valence-corrected chi connectivity index (χ4v) is 1.63. The first kappa shape index (κ1) is 11.0. The summed E-state index contributed by atoms with van der Waals surface area (Å²) in [7, 11) is 0. The van der Waals surface area contributed by atoms with E-state index in [2.05, 4.69) is 9.97 Å². The molecule has 1 aromatic heterocycles. The van der Waals surface area contributed by atoms with Crippen LogP contribution in [0, 0.1) is 0 Å². The number of nitrogens with zero attached hydrogens (tertiary/aromatic N) is 1. The van der Waals surface area contributed by atoms with Crippen LogP contribution >= 0.6 is 11.8 Å². The second kappa shape index (κ2) is 5.59. The monoisotopic (exact) mass is 212 g/mol. The van der Waals surface area contributed by atoms with Crippen molar-refractivity contribution < 1.29 is 4.79 Å². The van der Waals surface area contributed by atoms with Gasteiger partial charge in [-0.3, -0.25) is 4.79 Å². The minimum atomic E-state index is -0.156. The molecular formula is C9H12N2O2S. The molecule has 1 heterocycles. The Balaban J connectivity index is 2.83. The molecule has 76 valence electrons. The molecule has 1 rings (SSSR count). The van der Waals surface area contributed by atoms with E-state index in [1.807, 2.05) is 6.92 Å². The predicted octanol–water partition coefficient (Wildman–Crippen LogP) is 1.01. The van der Waals surface area contributed by atoms with Crippen LogP contribution in [-0.4, -0.2) is 22.0 Å². The smallest absolute Gasteiger partial charge is 0.251 e. The van der Waals surface area contributed by atoms with Gasteiger partial charge in [0.2, 0.25) is 0 Å². The van der Waals surface area contributed by atoms with Crippen LogP contribution in [0.3, 0.4) is 0 Å². The maximum Gasteiger partial charge on any atom is 0.251 e. The number of thioether (sulfide) groups is 1. The van der Waals surface area contributed by atoms with E-state index in [9.17, 15) is 9.59 Å². The van der Waals surface area contributed by atoms with Crippen molar-refractivity contribution >= 4 is 18.0 Å². The number of aryl methyl sites for hydroxylation is 1. The zero-order chi connectivity index (χ0) is 10.4. The molecule has 0 fully saturated rings. The van der Waals surface area contributed by atoms with Crippen LogP contribution < -0.4 is 5.56 Å². The standard InChI is InChI=1S/C9H12N2O2S/c1-2-3-7-6-8(13)11-9(10-7)14-5-4-12/h4,6H,2-3,5H2,1H3,(H,10,11,13). The molecular weight excluding hydrogens is 200 g/mol. The lowest BCUT2D eigenvalue weighted by molar-refractivity contribution is -0.105. The van der Waals surface area contributed by atoms with E-state index in [1.54, 1.807) is 0 Å². The molecule has 5 heteroatoms. The quantitative estimate of drug-likeness (QED) is 0.449. The Bertz CT molecular complexity index is 362. The summed E-state index contributed by atoms with van der Waals surface area (Å²) in [6.07, 6.45) is 2.53. The zero-order valence-electron chi connectivity index (χ0n) is 7.95. The lowest BCUT2D eigenvalue weighted by Crippen LogP contribution is -2.10. The van der Waals surface area contributed by atoms with E-state index in [4.69, 9.17) is 0 Å². The van der Waals surface area contributed by atoms with E-state index >= 15 is 0 Å². The van der Waals surface area contributed by atoms with Crippen molar-refractivity contribution in [2.24, 2.45) is 0 Å². The number of carbonyl (C=O) groups excluding carboxylic acids is 1. The molecule has 4 nitrogen and oxygen atoms in total. The Morgan fingerprint density at radius 2 is 2.43 bits per heavy atom. The van der Waals surface area contributed by atoms with E-state index in [0.29, 0.717) is 10.9 Å². The lowest BCUT2D eigenvalue weighted by atomic mass is 10.2. The minimum Gasteiger partial charge on any atom is -0.302 e. The van der Waals surface area contributed by atoms with Gasteiger partial charge in [-0.1, -0.05) is 25.1 Å². The van der Waals surface area contributed by atoms with Gasteiger partial charge in [0.05, 0.1) is 5.75 Å². The summed E-state index contributed by atoms with van der Waals surface area (Å²) >= 11 is 1.24. The van der Waals surface area contributed by atoms with Crippen molar-refractivity contribution in [3.63, 3.8) is 0 Å². The minimum absolute atomic E-state index is 0.156. The number of aldehydes is 1. The van der Waals surface area contributed by atoms with E-state index in [0.717, 1.165) is 24.8 Å². The van der Waals surface area contributed by atoms with Crippen LogP contribution in [0.4, 0.5) is 0 Å². The molecule has 0 aliphatic carbocycles. The summed E-state index contributed by atoms with van der Waals surface area (Å²) in [6.45, 7) is 2.03. The van der Waals surface area contributed by atoms with Crippen molar-refractivity contribution in [3.8, 4) is 0 Å². The summed E-state index contributed by atoms with van der Waals surface area (Å²) in [4.78, 5) is 28.1. The average Bonchev–Trinajstić information content (AvgIpc) is 2.14. The first-order valence-electron chi connectivity index (χ1n) is 4.43. The van der Waals surface area contributed by atoms with Crippen LogP contribution in [0.25, 0.3) is 0 Å². The summed E-state index contributed by atoms with van der Waals surface area (Å²) in [5.74, 6) is 0.318. The van der Waals surface area contributed by atoms with Crippen LogP contribution in [0.15, 0.2) is 16.0 Å². The molecule has 0 radical (unpaired) electrons. The molecule has 0 aliphatic rings. The maximum absolute atomic E-state index is 11.2. The molecule has 0 amide bonds. The van der Waals surface area contributed by atoms with E-state index < -0.39 is 0 Å². The van der Waals surface area contributed by atoms with E-state index in [1.165, 1.54) is 17.8 Å². The van der Waals surface area contributed by atoms with Crippen LogP contribution in [0.2, 0.25) is 0 Å². The Kier molecular flexibility index (Phi) is 4.39. The summed E-state index contributed by atoms with van der Waals surface area (Å²) in [6, 6.07) is 1.49. The Morgan fingerprint density at radius 1 is 1.64 bits per heavy atom. The number of aromatic nitrogens is 2. The van der Waals surface area contributed by atoms with Gasteiger partial charge in [-0.25, -0.2) is 4.98 Å². The second-order valence-electron chi connectivity index (χ2n) is 2.77.